The second-order valence-electron chi connectivity index (χ2n) is 5.30. The zero-order valence-corrected chi connectivity index (χ0v) is 11.7. The summed E-state index contributed by atoms with van der Waals surface area (Å²) >= 11 is 0. The van der Waals surface area contributed by atoms with E-state index in [9.17, 15) is 13.2 Å². The van der Waals surface area contributed by atoms with Crippen LogP contribution >= 0.6 is 0 Å². The Morgan fingerprint density at radius 1 is 1.16 bits per heavy atom. The van der Waals surface area contributed by atoms with E-state index in [1.807, 2.05) is 27.7 Å². The topological polar surface area (TPSA) is 21.3 Å². The first-order valence-corrected chi connectivity index (χ1v) is 6.27. The van der Waals surface area contributed by atoms with Gasteiger partial charge in [-0.25, -0.2) is 13.2 Å². The van der Waals surface area contributed by atoms with Crippen molar-refractivity contribution in [3.05, 3.63) is 35.1 Å². The minimum atomic E-state index is -1.45. The molecule has 108 valence electrons. The fraction of sp³-hybridized carbons (Fsp3) is 0.571. The van der Waals surface area contributed by atoms with Crippen molar-refractivity contribution in [2.24, 2.45) is 0 Å². The molecule has 1 atom stereocenters. The summed E-state index contributed by atoms with van der Waals surface area (Å²) in [5.41, 5.74) is -0.312. The second kappa shape index (κ2) is 6.39. The number of likely N-dealkylation sites (N-methyl/N-ethyl adjacent to an activating group) is 1. The average Bonchev–Trinajstić information content (AvgIpc) is 2.31. The molecule has 5 heteroatoms. The van der Waals surface area contributed by atoms with E-state index in [-0.39, 0.29) is 17.8 Å². The average molecular weight is 275 g/mol. The first kappa shape index (κ1) is 16.0. The lowest BCUT2D eigenvalue weighted by Gasteiger charge is -2.25. The van der Waals surface area contributed by atoms with Crippen molar-refractivity contribution in [3.8, 4) is 0 Å². The standard InChI is InChI=1S/C14H20F3NO/c1-5-18-11(8-19-14(2,3)4)9-6-7-10(15)13(17)12(9)16/h6-7,11,18H,5,8H2,1-4H3. The van der Waals surface area contributed by atoms with Crippen molar-refractivity contribution in [2.75, 3.05) is 13.2 Å². The van der Waals surface area contributed by atoms with E-state index in [0.717, 1.165) is 6.07 Å². The van der Waals surface area contributed by atoms with E-state index in [2.05, 4.69) is 5.32 Å². The minimum absolute atomic E-state index is 0.0741. The van der Waals surface area contributed by atoms with Crippen LogP contribution in [-0.4, -0.2) is 18.8 Å². The molecule has 0 aromatic heterocycles. The first-order valence-electron chi connectivity index (χ1n) is 6.27. The van der Waals surface area contributed by atoms with Crippen LogP contribution in [0.4, 0.5) is 13.2 Å². The van der Waals surface area contributed by atoms with Crippen molar-refractivity contribution < 1.29 is 17.9 Å². The third-order valence-corrected chi connectivity index (χ3v) is 2.57. The quantitative estimate of drug-likeness (QED) is 0.829. The molecule has 0 fully saturated rings. The number of nitrogens with one attached hydrogen (secondary N) is 1. The van der Waals surface area contributed by atoms with Crippen molar-refractivity contribution in [2.45, 2.75) is 39.3 Å². The van der Waals surface area contributed by atoms with Gasteiger partial charge in [0.25, 0.3) is 0 Å². The fourth-order valence-electron chi connectivity index (χ4n) is 1.65. The van der Waals surface area contributed by atoms with Gasteiger partial charge in [-0.1, -0.05) is 13.0 Å². The Morgan fingerprint density at radius 2 is 1.79 bits per heavy atom. The van der Waals surface area contributed by atoms with Gasteiger partial charge in [0.05, 0.1) is 18.2 Å². The molecule has 0 saturated heterocycles. The Hall–Kier alpha value is -1.07. The van der Waals surface area contributed by atoms with Gasteiger partial charge in [-0.2, -0.15) is 0 Å². The largest absolute Gasteiger partial charge is 0.374 e. The van der Waals surface area contributed by atoms with Crippen LogP contribution in [0.5, 0.6) is 0 Å². The zero-order valence-electron chi connectivity index (χ0n) is 11.7. The lowest BCUT2D eigenvalue weighted by Crippen LogP contribution is -2.31. The fourth-order valence-corrected chi connectivity index (χ4v) is 1.65. The van der Waals surface area contributed by atoms with Crippen molar-refractivity contribution >= 4 is 0 Å². The third-order valence-electron chi connectivity index (χ3n) is 2.57. The van der Waals surface area contributed by atoms with Crippen molar-refractivity contribution in [1.29, 1.82) is 0 Å². The predicted molar refractivity (Wildman–Crippen MR) is 68.4 cm³/mol. The molecule has 0 radical (unpaired) electrons. The number of ether oxygens (including phenoxy) is 1. The van der Waals surface area contributed by atoms with Crippen LogP contribution in [0.3, 0.4) is 0 Å². The smallest absolute Gasteiger partial charge is 0.194 e. The van der Waals surface area contributed by atoms with Gasteiger partial charge in [0.1, 0.15) is 0 Å². The summed E-state index contributed by atoms with van der Waals surface area (Å²) < 4.78 is 45.5. The molecule has 0 amide bonds. The molecule has 0 aliphatic rings. The third kappa shape index (κ3) is 4.51. The van der Waals surface area contributed by atoms with Crippen LogP contribution in [-0.2, 0) is 4.74 Å². The van der Waals surface area contributed by atoms with Crippen LogP contribution in [0.25, 0.3) is 0 Å². The van der Waals surface area contributed by atoms with Crippen LogP contribution < -0.4 is 5.32 Å². The Kier molecular flexibility index (Phi) is 5.38. The molecule has 1 aromatic carbocycles. The van der Waals surface area contributed by atoms with Crippen LogP contribution in [0.1, 0.15) is 39.3 Å². The highest BCUT2D eigenvalue weighted by Crippen LogP contribution is 2.23. The maximum absolute atomic E-state index is 13.7. The molecule has 0 heterocycles. The summed E-state index contributed by atoms with van der Waals surface area (Å²) in [6.45, 7) is 8.21. The second-order valence-corrected chi connectivity index (χ2v) is 5.30. The summed E-state index contributed by atoms with van der Waals surface area (Å²) in [5, 5.41) is 3.00. The maximum Gasteiger partial charge on any atom is 0.194 e. The Balaban J connectivity index is 2.96. The SMILES string of the molecule is CCNC(COC(C)(C)C)c1ccc(F)c(F)c1F. The van der Waals surface area contributed by atoms with Crippen molar-refractivity contribution in [3.63, 3.8) is 0 Å². The monoisotopic (exact) mass is 275 g/mol. The molecule has 19 heavy (non-hydrogen) atoms. The number of halogens is 3. The van der Waals surface area contributed by atoms with Gasteiger partial charge in [-0.3, -0.25) is 0 Å². The van der Waals surface area contributed by atoms with Crippen LogP contribution in [0.15, 0.2) is 12.1 Å². The van der Waals surface area contributed by atoms with E-state index in [0.29, 0.717) is 6.54 Å². The van der Waals surface area contributed by atoms with Gasteiger partial charge in [0.15, 0.2) is 17.5 Å². The van der Waals surface area contributed by atoms with Gasteiger partial charge < -0.3 is 10.1 Å². The Morgan fingerprint density at radius 3 is 2.32 bits per heavy atom. The lowest BCUT2D eigenvalue weighted by atomic mass is 10.1. The highest BCUT2D eigenvalue weighted by molar-refractivity contribution is 5.23. The van der Waals surface area contributed by atoms with Gasteiger partial charge >= 0.3 is 0 Å². The molecule has 0 spiro atoms. The van der Waals surface area contributed by atoms with Gasteiger partial charge in [0.2, 0.25) is 0 Å². The number of benzene rings is 1. The van der Waals surface area contributed by atoms with Gasteiger partial charge in [-0.15, -0.1) is 0 Å². The molecule has 2 nitrogen and oxygen atoms in total. The summed E-state index contributed by atoms with van der Waals surface area (Å²) in [4.78, 5) is 0. The van der Waals surface area contributed by atoms with E-state index in [4.69, 9.17) is 4.74 Å². The molecule has 0 aliphatic heterocycles. The number of hydrogen-bond acceptors (Lipinski definition) is 2. The van der Waals surface area contributed by atoms with Crippen LogP contribution in [0, 0.1) is 17.5 Å². The molecule has 1 N–H and O–H groups in total. The van der Waals surface area contributed by atoms with E-state index in [1.165, 1.54) is 6.07 Å². The molecular weight excluding hydrogens is 255 g/mol. The molecule has 0 aliphatic carbocycles. The number of hydrogen-bond donors (Lipinski definition) is 1. The predicted octanol–water partition coefficient (Wildman–Crippen LogP) is 3.57. The van der Waals surface area contributed by atoms with Crippen LogP contribution in [0.2, 0.25) is 0 Å². The van der Waals surface area contributed by atoms with Gasteiger partial charge in [0, 0.05) is 5.56 Å². The maximum atomic E-state index is 13.7. The minimum Gasteiger partial charge on any atom is -0.374 e. The first-order chi connectivity index (χ1) is 8.76. The lowest BCUT2D eigenvalue weighted by molar-refractivity contribution is -0.0151. The summed E-state index contributed by atoms with van der Waals surface area (Å²) in [5.74, 6) is -3.80. The summed E-state index contributed by atoms with van der Waals surface area (Å²) in [7, 11) is 0. The molecule has 1 aromatic rings. The number of rotatable bonds is 5. The highest BCUT2D eigenvalue weighted by atomic mass is 19.2. The molecular formula is C14H20F3NO. The Labute approximate surface area is 112 Å². The Bertz CT molecular complexity index is 429. The van der Waals surface area contributed by atoms with Crippen molar-refractivity contribution in [1.82, 2.24) is 5.32 Å². The van der Waals surface area contributed by atoms with E-state index in [1.54, 1.807) is 0 Å². The normalized spacial score (nSPS) is 13.6. The molecule has 0 bridgehead atoms. The van der Waals surface area contributed by atoms with E-state index >= 15 is 0 Å². The van der Waals surface area contributed by atoms with Gasteiger partial charge in [-0.05, 0) is 33.4 Å². The molecule has 1 rings (SSSR count). The highest BCUT2D eigenvalue weighted by Gasteiger charge is 2.22. The van der Waals surface area contributed by atoms with E-state index < -0.39 is 23.5 Å². The molecule has 1 unspecified atom stereocenters. The molecule has 0 saturated carbocycles. The summed E-state index contributed by atoms with van der Waals surface area (Å²) in [6, 6.07) is 1.65. The summed E-state index contributed by atoms with van der Waals surface area (Å²) in [6.07, 6.45) is 0. The zero-order chi connectivity index (χ0) is 14.6.